The van der Waals surface area contributed by atoms with E-state index in [0.29, 0.717) is 12.5 Å². The van der Waals surface area contributed by atoms with Crippen LogP contribution in [0.15, 0.2) is 0 Å². The zero-order chi connectivity index (χ0) is 11.4. The molecule has 2 atom stereocenters. The molecule has 1 amide bonds. The predicted molar refractivity (Wildman–Crippen MR) is 62.2 cm³/mol. The van der Waals surface area contributed by atoms with Crippen LogP contribution < -0.4 is 10.6 Å². The molecule has 2 saturated carbocycles. The maximum absolute atomic E-state index is 11.7. The number of hydrogen-bond acceptors (Lipinski definition) is 3. The first kappa shape index (κ1) is 11.9. The van der Waals surface area contributed by atoms with Gasteiger partial charge in [-0.05, 0) is 32.1 Å². The summed E-state index contributed by atoms with van der Waals surface area (Å²) in [5.74, 6) is 0.155. The van der Waals surface area contributed by atoms with E-state index < -0.39 is 0 Å². The van der Waals surface area contributed by atoms with Crippen molar-refractivity contribution in [3.05, 3.63) is 0 Å². The first-order chi connectivity index (χ1) is 7.79. The fraction of sp³-hybridized carbons (Fsp3) is 0.917. The third-order valence-corrected chi connectivity index (χ3v) is 3.46. The number of amides is 1. The lowest BCUT2D eigenvalue weighted by atomic mass is 10.2. The number of methoxy groups -OCH3 is 1. The lowest BCUT2D eigenvalue weighted by Crippen LogP contribution is -2.41. The van der Waals surface area contributed by atoms with Gasteiger partial charge in [0.1, 0.15) is 0 Å². The van der Waals surface area contributed by atoms with Gasteiger partial charge in [0.25, 0.3) is 0 Å². The quantitative estimate of drug-likeness (QED) is 0.705. The van der Waals surface area contributed by atoms with Crippen LogP contribution in [-0.4, -0.2) is 37.7 Å². The van der Waals surface area contributed by atoms with Crippen LogP contribution in [0.4, 0.5) is 0 Å². The Morgan fingerprint density at radius 3 is 2.81 bits per heavy atom. The average Bonchev–Trinajstić information content (AvgIpc) is 2.98. The Kier molecular flexibility index (Phi) is 4.18. The minimum absolute atomic E-state index is 0.155. The summed E-state index contributed by atoms with van der Waals surface area (Å²) >= 11 is 0. The summed E-state index contributed by atoms with van der Waals surface area (Å²) in [5, 5.41) is 6.42. The van der Waals surface area contributed by atoms with E-state index in [1.54, 1.807) is 7.11 Å². The zero-order valence-electron chi connectivity index (χ0n) is 10.00. The molecule has 0 aromatic rings. The number of ether oxygens (including phenoxy) is 1. The molecule has 0 aromatic carbocycles. The first-order valence-corrected chi connectivity index (χ1v) is 6.35. The van der Waals surface area contributed by atoms with Crippen LogP contribution in [0.2, 0.25) is 0 Å². The first-order valence-electron chi connectivity index (χ1n) is 6.35. The largest absolute Gasteiger partial charge is 0.379 e. The molecule has 2 aliphatic rings. The Balaban J connectivity index is 1.61. The van der Waals surface area contributed by atoms with Gasteiger partial charge in [-0.2, -0.15) is 0 Å². The molecule has 0 aliphatic heterocycles. The second-order valence-corrected chi connectivity index (χ2v) is 4.86. The Labute approximate surface area is 97.1 Å². The molecule has 92 valence electrons. The highest BCUT2D eigenvalue weighted by Gasteiger charge is 2.28. The fourth-order valence-electron chi connectivity index (χ4n) is 2.33. The van der Waals surface area contributed by atoms with E-state index in [1.807, 2.05) is 0 Å². The number of carbonyl (C=O) groups excluding carboxylic acids is 1. The molecule has 0 bridgehead atoms. The molecule has 0 spiro atoms. The Morgan fingerprint density at radius 2 is 2.12 bits per heavy atom. The highest BCUT2D eigenvalue weighted by Crippen LogP contribution is 2.21. The third kappa shape index (κ3) is 3.46. The van der Waals surface area contributed by atoms with Gasteiger partial charge in [-0.15, -0.1) is 0 Å². The van der Waals surface area contributed by atoms with E-state index in [2.05, 4.69) is 10.6 Å². The van der Waals surface area contributed by atoms with Crippen molar-refractivity contribution in [1.29, 1.82) is 0 Å². The molecule has 4 heteroatoms. The Bertz CT molecular complexity index is 241. The maximum Gasteiger partial charge on any atom is 0.221 e. The second-order valence-electron chi connectivity index (χ2n) is 4.86. The minimum Gasteiger partial charge on any atom is -0.379 e. The van der Waals surface area contributed by atoms with Crippen LogP contribution >= 0.6 is 0 Å². The fourth-order valence-corrected chi connectivity index (χ4v) is 2.33. The van der Waals surface area contributed by atoms with Crippen LogP contribution in [0.1, 0.15) is 38.5 Å². The van der Waals surface area contributed by atoms with Gasteiger partial charge in [-0.1, -0.05) is 0 Å². The normalized spacial score (nSPS) is 29.3. The molecule has 16 heavy (non-hydrogen) atoms. The van der Waals surface area contributed by atoms with Gasteiger partial charge in [-0.25, -0.2) is 0 Å². The van der Waals surface area contributed by atoms with Gasteiger partial charge in [0, 0.05) is 26.1 Å². The minimum atomic E-state index is 0.155. The van der Waals surface area contributed by atoms with Crippen molar-refractivity contribution >= 4 is 5.91 Å². The van der Waals surface area contributed by atoms with E-state index in [1.165, 1.54) is 12.8 Å². The van der Waals surface area contributed by atoms with Gasteiger partial charge < -0.3 is 15.4 Å². The van der Waals surface area contributed by atoms with Crippen LogP contribution in [0.5, 0.6) is 0 Å². The Hall–Kier alpha value is -0.610. The van der Waals surface area contributed by atoms with Crippen molar-refractivity contribution in [2.45, 2.75) is 56.7 Å². The molecule has 0 aromatic heterocycles. The molecule has 0 heterocycles. The molecular formula is C12H22N2O2. The summed E-state index contributed by atoms with van der Waals surface area (Å²) in [6.45, 7) is 0.806. The molecule has 2 fully saturated rings. The van der Waals surface area contributed by atoms with Gasteiger partial charge in [0.2, 0.25) is 5.91 Å². The van der Waals surface area contributed by atoms with Crippen molar-refractivity contribution in [1.82, 2.24) is 10.6 Å². The van der Waals surface area contributed by atoms with E-state index in [9.17, 15) is 4.79 Å². The topological polar surface area (TPSA) is 50.4 Å². The molecule has 2 aliphatic carbocycles. The number of carbonyl (C=O) groups is 1. The molecular weight excluding hydrogens is 204 g/mol. The van der Waals surface area contributed by atoms with Crippen molar-refractivity contribution in [3.63, 3.8) is 0 Å². The Morgan fingerprint density at radius 1 is 1.31 bits per heavy atom. The van der Waals surface area contributed by atoms with Gasteiger partial charge in [-0.3, -0.25) is 4.79 Å². The van der Waals surface area contributed by atoms with E-state index in [-0.39, 0.29) is 18.1 Å². The summed E-state index contributed by atoms with van der Waals surface area (Å²) in [6.07, 6.45) is 6.64. The summed E-state index contributed by atoms with van der Waals surface area (Å²) < 4.78 is 5.35. The number of rotatable bonds is 6. The molecule has 2 N–H and O–H groups in total. The van der Waals surface area contributed by atoms with Gasteiger partial charge >= 0.3 is 0 Å². The summed E-state index contributed by atoms with van der Waals surface area (Å²) in [7, 11) is 1.73. The van der Waals surface area contributed by atoms with E-state index in [0.717, 1.165) is 25.8 Å². The monoisotopic (exact) mass is 226 g/mol. The molecule has 2 rings (SSSR count). The van der Waals surface area contributed by atoms with Crippen LogP contribution in [0.3, 0.4) is 0 Å². The number of hydrogen-bond donors (Lipinski definition) is 2. The van der Waals surface area contributed by atoms with Gasteiger partial charge in [0.15, 0.2) is 0 Å². The third-order valence-electron chi connectivity index (χ3n) is 3.46. The van der Waals surface area contributed by atoms with Crippen molar-refractivity contribution in [2.24, 2.45) is 0 Å². The SMILES string of the molecule is COC1CCCC1NC(=O)CCNC1CC1. The summed E-state index contributed by atoms with van der Waals surface area (Å²) in [5.41, 5.74) is 0. The zero-order valence-corrected chi connectivity index (χ0v) is 10.00. The van der Waals surface area contributed by atoms with E-state index >= 15 is 0 Å². The van der Waals surface area contributed by atoms with Crippen molar-refractivity contribution < 1.29 is 9.53 Å². The standard InChI is InChI=1S/C12H22N2O2/c1-16-11-4-2-3-10(11)14-12(15)7-8-13-9-5-6-9/h9-11,13H,2-8H2,1H3,(H,14,15). The smallest absolute Gasteiger partial charge is 0.221 e. The lowest BCUT2D eigenvalue weighted by Gasteiger charge is -2.19. The molecule has 0 radical (unpaired) electrons. The molecule has 4 nitrogen and oxygen atoms in total. The highest BCUT2D eigenvalue weighted by atomic mass is 16.5. The van der Waals surface area contributed by atoms with Crippen LogP contribution in [-0.2, 0) is 9.53 Å². The van der Waals surface area contributed by atoms with E-state index in [4.69, 9.17) is 4.74 Å². The van der Waals surface area contributed by atoms with Crippen molar-refractivity contribution in [2.75, 3.05) is 13.7 Å². The predicted octanol–water partition coefficient (Wildman–Crippen LogP) is 0.812. The molecule has 2 unspecified atom stereocenters. The molecule has 0 saturated heterocycles. The maximum atomic E-state index is 11.7. The number of nitrogens with one attached hydrogen (secondary N) is 2. The second kappa shape index (κ2) is 5.64. The highest BCUT2D eigenvalue weighted by molar-refractivity contribution is 5.76. The van der Waals surface area contributed by atoms with Gasteiger partial charge in [0.05, 0.1) is 12.1 Å². The van der Waals surface area contributed by atoms with Crippen LogP contribution in [0, 0.1) is 0 Å². The van der Waals surface area contributed by atoms with Crippen LogP contribution in [0.25, 0.3) is 0 Å². The van der Waals surface area contributed by atoms with Crippen molar-refractivity contribution in [3.8, 4) is 0 Å². The average molecular weight is 226 g/mol. The summed E-state index contributed by atoms with van der Waals surface area (Å²) in [4.78, 5) is 11.7. The summed E-state index contributed by atoms with van der Waals surface area (Å²) in [6, 6.07) is 0.921. The lowest BCUT2D eigenvalue weighted by molar-refractivity contribution is -0.122.